The van der Waals surface area contributed by atoms with Crippen molar-refractivity contribution in [2.75, 3.05) is 18.0 Å². The standard InChI is InChI=1S/C39H39N7O4.2ClH/c1-25(40)45-22-20-30(21-23-45)50-29-17-15-28(16-18-29)46(38(47)31-11-5-6-12-32(31)39(48)49)35(13-7-10-26-8-3-2-4-9-26)37-43-33-19-14-27(36(41)42)24-34(33)44-37;;/h2-12,14-19,24,30,35,40H,13,20-23H2,1H3,(H3,41,42)(H,43,44)(H,48,49);2*1H. The lowest BCUT2D eigenvalue weighted by molar-refractivity contribution is 0.0691. The number of nitrogens with zero attached hydrogens (tertiary/aromatic N) is 3. The number of H-pyrrole nitrogens is 1. The number of piperidine rings is 1. The van der Waals surface area contributed by atoms with E-state index in [9.17, 15) is 14.7 Å². The largest absolute Gasteiger partial charge is 0.490 e. The first kappa shape index (κ1) is 39.1. The molecule has 270 valence electrons. The van der Waals surface area contributed by atoms with E-state index in [1.54, 1.807) is 54.3 Å². The molecule has 52 heavy (non-hydrogen) atoms. The predicted octanol–water partition coefficient (Wildman–Crippen LogP) is 7.72. The van der Waals surface area contributed by atoms with Crippen LogP contribution >= 0.6 is 24.8 Å². The number of ether oxygens (including phenoxy) is 1. The van der Waals surface area contributed by atoms with Gasteiger partial charge in [-0.3, -0.25) is 20.5 Å². The Labute approximate surface area is 314 Å². The molecule has 1 saturated heterocycles. The van der Waals surface area contributed by atoms with Gasteiger partial charge in [-0.05, 0) is 73.5 Å². The lowest BCUT2D eigenvalue weighted by Crippen LogP contribution is -2.40. The van der Waals surface area contributed by atoms with E-state index < -0.39 is 17.9 Å². The fourth-order valence-corrected chi connectivity index (χ4v) is 6.20. The number of halogens is 2. The van der Waals surface area contributed by atoms with Crippen LogP contribution in [0.15, 0.2) is 103 Å². The number of fused-ring (bicyclic) bond motifs is 1. The van der Waals surface area contributed by atoms with Gasteiger partial charge >= 0.3 is 5.97 Å². The number of hydrogen-bond donors (Lipinski definition) is 5. The zero-order valence-electron chi connectivity index (χ0n) is 28.5. The monoisotopic (exact) mass is 741 g/mol. The van der Waals surface area contributed by atoms with Crippen molar-refractivity contribution >= 4 is 71.2 Å². The quantitative estimate of drug-likeness (QED) is 0.0681. The molecular weight excluding hydrogens is 701 g/mol. The van der Waals surface area contributed by atoms with Gasteiger partial charge in [0.15, 0.2) is 0 Å². The number of amidine groups is 2. The van der Waals surface area contributed by atoms with Gasteiger partial charge in [0.2, 0.25) is 0 Å². The lowest BCUT2D eigenvalue weighted by atomic mass is 10.0. The van der Waals surface area contributed by atoms with Crippen LogP contribution in [0.1, 0.15) is 69.9 Å². The number of amides is 1. The third kappa shape index (κ3) is 8.98. The number of likely N-dealkylation sites (tertiary alicyclic amines) is 1. The van der Waals surface area contributed by atoms with Crippen molar-refractivity contribution in [3.8, 4) is 5.75 Å². The highest BCUT2D eigenvalue weighted by atomic mass is 35.5. The van der Waals surface area contributed by atoms with Gasteiger partial charge in [-0.1, -0.05) is 54.6 Å². The number of nitrogen functional groups attached to an aromatic ring is 1. The number of aromatic carboxylic acids is 1. The molecule has 1 amide bonds. The number of anilines is 1. The van der Waals surface area contributed by atoms with Gasteiger partial charge in [-0.15, -0.1) is 24.8 Å². The number of imidazole rings is 1. The normalized spacial score (nSPS) is 13.5. The molecule has 1 unspecified atom stereocenters. The predicted molar refractivity (Wildman–Crippen MR) is 210 cm³/mol. The van der Waals surface area contributed by atoms with Gasteiger partial charge in [-0.2, -0.15) is 0 Å². The minimum atomic E-state index is -1.21. The summed E-state index contributed by atoms with van der Waals surface area (Å²) < 4.78 is 6.31. The highest BCUT2D eigenvalue weighted by Crippen LogP contribution is 2.34. The van der Waals surface area contributed by atoms with Gasteiger partial charge in [0.25, 0.3) is 5.91 Å². The Bertz CT molecular complexity index is 2060. The van der Waals surface area contributed by atoms with Crippen molar-refractivity contribution in [1.29, 1.82) is 10.8 Å². The number of aromatic amines is 1. The number of benzene rings is 4. The first-order valence-electron chi connectivity index (χ1n) is 16.5. The van der Waals surface area contributed by atoms with Crippen molar-refractivity contribution in [3.63, 3.8) is 0 Å². The van der Waals surface area contributed by atoms with Crippen molar-refractivity contribution in [1.82, 2.24) is 14.9 Å². The molecular formula is C39H41Cl2N7O4. The maximum atomic E-state index is 14.7. The summed E-state index contributed by atoms with van der Waals surface area (Å²) in [7, 11) is 0. The van der Waals surface area contributed by atoms with Crippen LogP contribution in [0, 0.1) is 10.8 Å². The van der Waals surface area contributed by atoms with E-state index in [4.69, 9.17) is 26.3 Å². The summed E-state index contributed by atoms with van der Waals surface area (Å²) in [5.41, 5.74) is 9.01. The van der Waals surface area contributed by atoms with Crippen LogP contribution in [0.25, 0.3) is 17.1 Å². The van der Waals surface area contributed by atoms with E-state index in [2.05, 4.69) is 4.98 Å². The average molecular weight is 743 g/mol. The minimum Gasteiger partial charge on any atom is -0.490 e. The Kier molecular flexibility index (Phi) is 13.2. The second-order valence-corrected chi connectivity index (χ2v) is 12.2. The zero-order valence-corrected chi connectivity index (χ0v) is 30.1. The second-order valence-electron chi connectivity index (χ2n) is 12.2. The maximum absolute atomic E-state index is 14.7. The Hall–Kier alpha value is -5.65. The van der Waals surface area contributed by atoms with Crippen molar-refractivity contribution < 1.29 is 19.4 Å². The minimum absolute atomic E-state index is 0. The zero-order chi connectivity index (χ0) is 35.2. The molecule has 6 N–H and O–H groups in total. The molecule has 2 heterocycles. The van der Waals surface area contributed by atoms with Gasteiger partial charge in [0, 0.05) is 37.2 Å². The highest BCUT2D eigenvalue weighted by Gasteiger charge is 2.32. The van der Waals surface area contributed by atoms with Crippen LogP contribution in [-0.2, 0) is 0 Å². The first-order valence-corrected chi connectivity index (χ1v) is 16.5. The van der Waals surface area contributed by atoms with Crippen molar-refractivity contribution in [2.24, 2.45) is 5.73 Å². The summed E-state index contributed by atoms with van der Waals surface area (Å²) in [4.78, 5) is 38.8. The number of carbonyl (C=O) groups excluding carboxylic acids is 1. The molecule has 1 aromatic heterocycles. The van der Waals surface area contributed by atoms with Gasteiger partial charge in [-0.25, -0.2) is 9.78 Å². The van der Waals surface area contributed by atoms with Crippen LogP contribution in [0.2, 0.25) is 0 Å². The molecule has 0 bridgehead atoms. The van der Waals surface area contributed by atoms with E-state index in [1.165, 1.54) is 12.1 Å². The van der Waals surface area contributed by atoms with Gasteiger partial charge in [0.05, 0.1) is 34.0 Å². The Balaban J connectivity index is 0.00000302. The Morgan fingerprint density at radius 2 is 1.63 bits per heavy atom. The molecule has 1 aliphatic rings. The third-order valence-electron chi connectivity index (χ3n) is 8.85. The van der Waals surface area contributed by atoms with Gasteiger partial charge in [0.1, 0.15) is 23.5 Å². The number of carbonyl (C=O) groups is 2. The molecule has 1 atom stereocenters. The second kappa shape index (κ2) is 17.5. The lowest BCUT2D eigenvalue weighted by Gasteiger charge is -2.33. The molecule has 0 radical (unpaired) electrons. The van der Waals surface area contributed by atoms with E-state index in [-0.39, 0.29) is 47.9 Å². The molecule has 11 nitrogen and oxygen atoms in total. The highest BCUT2D eigenvalue weighted by molar-refractivity contribution is 6.12. The molecule has 4 aromatic carbocycles. The molecule has 1 aliphatic heterocycles. The molecule has 0 spiro atoms. The van der Waals surface area contributed by atoms with Crippen LogP contribution < -0.4 is 15.4 Å². The van der Waals surface area contributed by atoms with Crippen LogP contribution in [0.3, 0.4) is 0 Å². The van der Waals surface area contributed by atoms with Crippen molar-refractivity contribution in [3.05, 3.63) is 131 Å². The number of carboxylic acids is 1. The number of rotatable bonds is 11. The summed E-state index contributed by atoms with van der Waals surface area (Å²) in [6.45, 7) is 3.31. The summed E-state index contributed by atoms with van der Waals surface area (Å²) in [6, 6.07) is 27.8. The molecule has 6 rings (SSSR count). The van der Waals surface area contributed by atoms with Gasteiger partial charge < -0.3 is 25.5 Å². The first-order chi connectivity index (χ1) is 24.2. The van der Waals surface area contributed by atoms with E-state index in [1.807, 2.05) is 59.5 Å². The van der Waals surface area contributed by atoms with Crippen LogP contribution in [-0.4, -0.2) is 62.7 Å². The molecule has 0 saturated carbocycles. The third-order valence-corrected chi connectivity index (χ3v) is 8.85. The summed E-state index contributed by atoms with van der Waals surface area (Å²) >= 11 is 0. The van der Waals surface area contributed by atoms with E-state index in [0.717, 1.165) is 31.5 Å². The number of aromatic nitrogens is 2. The molecule has 0 aliphatic carbocycles. The van der Waals surface area contributed by atoms with E-state index in [0.29, 0.717) is 46.1 Å². The maximum Gasteiger partial charge on any atom is 0.336 e. The summed E-state index contributed by atoms with van der Waals surface area (Å²) in [5.74, 6) is -0.110. The van der Waals surface area contributed by atoms with Crippen molar-refractivity contribution in [2.45, 2.75) is 38.3 Å². The number of hydrogen-bond acceptors (Lipinski definition) is 6. The SMILES string of the molecule is CC(=N)N1CCC(Oc2ccc(N(C(=O)c3ccccc3C(=O)O)C(CC=Cc3ccccc3)c3nc4cc(C(=N)N)ccc4[nH]3)cc2)CC1.Cl.Cl. The molecule has 5 aromatic rings. The summed E-state index contributed by atoms with van der Waals surface area (Å²) in [5, 5.41) is 25.8. The topological polar surface area (TPSA) is 172 Å². The average Bonchev–Trinajstić information content (AvgIpc) is 3.56. The smallest absolute Gasteiger partial charge is 0.336 e. The van der Waals surface area contributed by atoms with Crippen LogP contribution in [0.4, 0.5) is 5.69 Å². The number of nitrogens with one attached hydrogen (secondary N) is 3. The van der Waals surface area contributed by atoms with Crippen LogP contribution in [0.5, 0.6) is 5.75 Å². The number of carboxylic acid groups (broad SMARTS) is 1. The Morgan fingerprint density at radius 3 is 2.27 bits per heavy atom. The molecule has 1 fully saturated rings. The summed E-state index contributed by atoms with van der Waals surface area (Å²) in [6.07, 6.45) is 5.86. The number of nitrogens with two attached hydrogens (primary N) is 1. The molecule has 13 heteroatoms. The fourth-order valence-electron chi connectivity index (χ4n) is 6.20. The Morgan fingerprint density at radius 1 is 0.981 bits per heavy atom. The van der Waals surface area contributed by atoms with E-state index >= 15 is 0 Å². The fraction of sp³-hybridized carbons (Fsp3) is 0.205.